The largest absolute Gasteiger partial charge is 0.331 e. The number of benzene rings is 1. The summed E-state index contributed by atoms with van der Waals surface area (Å²) in [5.41, 5.74) is 2.12. The normalized spacial score (nSPS) is 11.0. The van der Waals surface area contributed by atoms with Crippen LogP contribution in [0.5, 0.6) is 0 Å². The first-order chi connectivity index (χ1) is 6.22. The van der Waals surface area contributed by atoms with Crippen molar-refractivity contribution in [1.29, 1.82) is 0 Å². The van der Waals surface area contributed by atoms with Crippen molar-refractivity contribution >= 4 is 22.6 Å². The van der Waals surface area contributed by atoms with Gasteiger partial charge in [-0.3, -0.25) is 0 Å². The zero-order valence-electron chi connectivity index (χ0n) is 7.71. The van der Waals surface area contributed by atoms with Crippen LogP contribution in [0.15, 0.2) is 18.2 Å². The van der Waals surface area contributed by atoms with Crippen molar-refractivity contribution < 1.29 is 0 Å². The van der Waals surface area contributed by atoms with Gasteiger partial charge in [-0.15, -0.1) is 0 Å². The van der Waals surface area contributed by atoms with Crippen LogP contribution in [0.4, 0.5) is 0 Å². The van der Waals surface area contributed by atoms with E-state index in [0.717, 1.165) is 28.3 Å². The van der Waals surface area contributed by atoms with Crippen molar-refractivity contribution in [3.63, 3.8) is 0 Å². The molecule has 0 N–H and O–H groups in total. The molecule has 0 aliphatic rings. The molecule has 0 radical (unpaired) electrons. The van der Waals surface area contributed by atoms with Crippen molar-refractivity contribution in [2.24, 2.45) is 7.05 Å². The molecule has 13 heavy (non-hydrogen) atoms. The summed E-state index contributed by atoms with van der Waals surface area (Å²) in [5, 5.41) is 0.762. The number of nitrogens with zero attached hydrogens (tertiary/aromatic N) is 2. The second kappa shape index (κ2) is 3.04. The van der Waals surface area contributed by atoms with Crippen molar-refractivity contribution in [2.45, 2.75) is 13.3 Å². The number of rotatable bonds is 1. The number of halogens is 1. The lowest BCUT2D eigenvalue weighted by Crippen LogP contribution is -1.94. The lowest BCUT2D eigenvalue weighted by atomic mass is 10.3. The van der Waals surface area contributed by atoms with Gasteiger partial charge in [0.05, 0.1) is 11.0 Å². The van der Waals surface area contributed by atoms with Gasteiger partial charge in [0.15, 0.2) is 0 Å². The molecule has 1 heterocycles. The van der Waals surface area contributed by atoms with Gasteiger partial charge in [0.25, 0.3) is 0 Å². The average Bonchev–Trinajstić information content (AvgIpc) is 2.44. The molecule has 0 saturated heterocycles. The van der Waals surface area contributed by atoms with Gasteiger partial charge >= 0.3 is 0 Å². The summed E-state index contributed by atoms with van der Waals surface area (Å²) in [6, 6.07) is 5.77. The first kappa shape index (κ1) is 8.57. The minimum Gasteiger partial charge on any atom is -0.331 e. The Labute approximate surface area is 82.1 Å². The first-order valence-corrected chi connectivity index (χ1v) is 4.71. The fraction of sp³-hybridized carbons (Fsp3) is 0.300. The highest BCUT2D eigenvalue weighted by Gasteiger charge is 2.05. The quantitative estimate of drug-likeness (QED) is 0.683. The lowest BCUT2D eigenvalue weighted by molar-refractivity contribution is 0.829. The van der Waals surface area contributed by atoms with E-state index in [0.29, 0.717) is 0 Å². The van der Waals surface area contributed by atoms with Crippen LogP contribution in [0.25, 0.3) is 11.0 Å². The molecule has 0 aliphatic carbocycles. The molecule has 2 aromatic rings. The van der Waals surface area contributed by atoms with Gasteiger partial charge in [-0.2, -0.15) is 0 Å². The molecular weight excluding hydrogens is 184 g/mol. The fourth-order valence-corrected chi connectivity index (χ4v) is 1.70. The summed E-state index contributed by atoms with van der Waals surface area (Å²) >= 11 is 5.90. The molecule has 68 valence electrons. The third-order valence-corrected chi connectivity index (χ3v) is 2.49. The van der Waals surface area contributed by atoms with Crippen LogP contribution in [-0.4, -0.2) is 9.55 Å². The second-order valence-corrected chi connectivity index (χ2v) is 3.51. The minimum atomic E-state index is 0.762. The molecule has 2 nitrogen and oxygen atoms in total. The number of imidazole rings is 1. The molecule has 0 fully saturated rings. The summed E-state index contributed by atoms with van der Waals surface area (Å²) in [6.07, 6.45) is 0.947. The van der Waals surface area contributed by atoms with E-state index in [4.69, 9.17) is 11.6 Å². The molecular formula is C10H11ClN2. The molecule has 0 saturated carbocycles. The third-order valence-electron chi connectivity index (χ3n) is 2.25. The van der Waals surface area contributed by atoms with Crippen LogP contribution >= 0.6 is 11.6 Å². The molecule has 3 heteroatoms. The topological polar surface area (TPSA) is 17.8 Å². The molecule has 0 bridgehead atoms. The number of aromatic nitrogens is 2. The van der Waals surface area contributed by atoms with Gasteiger partial charge in [0, 0.05) is 18.5 Å². The van der Waals surface area contributed by atoms with E-state index in [-0.39, 0.29) is 0 Å². The molecule has 0 amide bonds. The predicted octanol–water partition coefficient (Wildman–Crippen LogP) is 2.79. The van der Waals surface area contributed by atoms with E-state index in [2.05, 4.69) is 16.5 Å². The highest BCUT2D eigenvalue weighted by atomic mass is 35.5. The molecule has 2 rings (SSSR count). The van der Waals surface area contributed by atoms with Crippen molar-refractivity contribution in [3.8, 4) is 0 Å². The van der Waals surface area contributed by atoms with Crippen LogP contribution in [0.1, 0.15) is 12.7 Å². The van der Waals surface area contributed by atoms with E-state index in [1.54, 1.807) is 0 Å². The highest BCUT2D eigenvalue weighted by Crippen LogP contribution is 2.19. The third kappa shape index (κ3) is 1.31. The number of fused-ring (bicyclic) bond motifs is 1. The zero-order chi connectivity index (χ0) is 9.42. The summed E-state index contributed by atoms with van der Waals surface area (Å²) in [7, 11) is 2.02. The molecule has 1 aromatic carbocycles. The van der Waals surface area contributed by atoms with Crippen LogP contribution < -0.4 is 0 Å². The van der Waals surface area contributed by atoms with E-state index < -0.39 is 0 Å². The Kier molecular flexibility index (Phi) is 2.00. The smallest absolute Gasteiger partial charge is 0.109 e. The number of aryl methyl sites for hydroxylation is 2. The minimum absolute atomic E-state index is 0.762. The summed E-state index contributed by atoms with van der Waals surface area (Å²) in [4.78, 5) is 4.48. The van der Waals surface area contributed by atoms with Crippen LogP contribution in [0.3, 0.4) is 0 Å². The maximum atomic E-state index is 5.90. The molecule has 1 aromatic heterocycles. The summed E-state index contributed by atoms with van der Waals surface area (Å²) in [5.74, 6) is 1.09. The standard InChI is InChI=1S/C10H11ClN2/c1-3-10-12-8-5-4-7(11)6-9(8)13(10)2/h4-6H,3H2,1-2H3. The van der Waals surface area contributed by atoms with Gasteiger partial charge in [-0.05, 0) is 18.2 Å². The van der Waals surface area contributed by atoms with Gasteiger partial charge in [0.2, 0.25) is 0 Å². The van der Waals surface area contributed by atoms with E-state index in [1.165, 1.54) is 0 Å². The van der Waals surface area contributed by atoms with Gasteiger partial charge in [0.1, 0.15) is 5.82 Å². The van der Waals surface area contributed by atoms with E-state index >= 15 is 0 Å². The van der Waals surface area contributed by atoms with E-state index in [9.17, 15) is 0 Å². The zero-order valence-corrected chi connectivity index (χ0v) is 8.47. The van der Waals surface area contributed by atoms with Crippen molar-refractivity contribution in [2.75, 3.05) is 0 Å². The van der Waals surface area contributed by atoms with Gasteiger partial charge < -0.3 is 4.57 Å². The average molecular weight is 195 g/mol. The Balaban J connectivity index is 2.77. The molecule has 0 unspecified atom stereocenters. The van der Waals surface area contributed by atoms with Crippen LogP contribution in [0.2, 0.25) is 5.02 Å². The van der Waals surface area contributed by atoms with Gasteiger partial charge in [-0.25, -0.2) is 4.98 Å². The Morgan fingerprint density at radius 2 is 2.23 bits per heavy atom. The summed E-state index contributed by atoms with van der Waals surface area (Å²) < 4.78 is 2.08. The second-order valence-electron chi connectivity index (χ2n) is 3.07. The fourth-order valence-electron chi connectivity index (χ4n) is 1.53. The van der Waals surface area contributed by atoms with Crippen molar-refractivity contribution in [1.82, 2.24) is 9.55 Å². The molecule has 0 aliphatic heterocycles. The van der Waals surface area contributed by atoms with Crippen LogP contribution in [0, 0.1) is 0 Å². The van der Waals surface area contributed by atoms with Gasteiger partial charge in [-0.1, -0.05) is 18.5 Å². The van der Waals surface area contributed by atoms with E-state index in [1.807, 2.05) is 25.2 Å². The van der Waals surface area contributed by atoms with Crippen molar-refractivity contribution in [3.05, 3.63) is 29.0 Å². The maximum Gasteiger partial charge on any atom is 0.109 e. The highest BCUT2D eigenvalue weighted by molar-refractivity contribution is 6.31. The Bertz CT molecular complexity index is 445. The lowest BCUT2D eigenvalue weighted by Gasteiger charge is -1.97. The SMILES string of the molecule is CCc1nc2ccc(Cl)cc2n1C. The molecule has 0 spiro atoms. The number of hydrogen-bond donors (Lipinski definition) is 0. The Hall–Kier alpha value is -1.02. The first-order valence-electron chi connectivity index (χ1n) is 4.33. The Morgan fingerprint density at radius 1 is 1.46 bits per heavy atom. The maximum absolute atomic E-state index is 5.90. The molecule has 0 atom stereocenters. The summed E-state index contributed by atoms with van der Waals surface area (Å²) in [6.45, 7) is 2.10. The monoisotopic (exact) mass is 194 g/mol. The predicted molar refractivity (Wildman–Crippen MR) is 55.1 cm³/mol. The van der Waals surface area contributed by atoms with Crippen LogP contribution in [-0.2, 0) is 13.5 Å². The Morgan fingerprint density at radius 3 is 2.92 bits per heavy atom. The number of hydrogen-bond acceptors (Lipinski definition) is 1.